The van der Waals surface area contributed by atoms with Gasteiger partial charge in [-0.25, -0.2) is 0 Å². The van der Waals surface area contributed by atoms with E-state index in [9.17, 15) is 33.6 Å². The SMILES string of the molecule is CNC(=O)CCC(=O)OC(C)(CI)C(=O)[C@H](CC(C)C)NC(=O)[C@@H](CC(=O)[C@H](CC(C)C)NC(=O)[C@H](CCc1ccccc1)CC(=O)CN1CCOCC1)Cc1ccccc1. The number of esters is 1. The highest BCUT2D eigenvalue weighted by Crippen LogP contribution is 2.24. The molecule has 0 saturated carbocycles. The van der Waals surface area contributed by atoms with Gasteiger partial charge in [0.1, 0.15) is 5.78 Å². The van der Waals surface area contributed by atoms with E-state index < -0.39 is 47.2 Å². The molecule has 14 heteroatoms. The molecule has 0 aliphatic carbocycles. The number of morpholine rings is 1. The van der Waals surface area contributed by atoms with E-state index in [-0.39, 0.29) is 84.7 Å². The molecule has 3 rings (SSSR count). The van der Waals surface area contributed by atoms with E-state index in [1.165, 1.54) is 14.0 Å². The number of carbonyl (C=O) groups excluding carboxylic acids is 7. The molecule has 1 fully saturated rings. The summed E-state index contributed by atoms with van der Waals surface area (Å²) in [5, 5.41) is 8.41. The van der Waals surface area contributed by atoms with Crippen LogP contribution in [0.15, 0.2) is 60.7 Å². The lowest BCUT2D eigenvalue weighted by atomic mass is 9.87. The van der Waals surface area contributed by atoms with Crippen LogP contribution in [0.1, 0.15) is 90.7 Å². The molecule has 1 unspecified atom stereocenters. The number of hydrogen-bond acceptors (Lipinski definition) is 10. The van der Waals surface area contributed by atoms with Gasteiger partial charge in [-0.2, -0.15) is 0 Å². The van der Waals surface area contributed by atoms with Crippen molar-refractivity contribution < 1.29 is 43.0 Å². The summed E-state index contributed by atoms with van der Waals surface area (Å²) in [7, 11) is 1.47. The summed E-state index contributed by atoms with van der Waals surface area (Å²) in [6.07, 6.45) is 1.26. The van der Waals surface area contributed by atoms with E-state index in [1.807, 2.05) is 116 Å². The first-order valence-electron chi connectivity index (χ1n) is 21.6. The van der Waals surface area contributed by atoms with Crippen molar-refractivity contribution in [2.75, 3.05) is 44.3 Å². The summed E-state index contributed by atoms with van der Waals surface area (Å²) in [5.41, 5.74) is 0.261. The van der Waals surface area contributed by atoms with Gasteiger partial charge in [0.2, 0.25) is 17.7 Å². The van der Waals surface area contributed by atoms with Crippen molar-refractivity contribution in [3.63, 3.8) is 0 Å². The molecular formula is C47H67IN4O9. The molecule has 3 N–H and O–H groups in total. The van der Waals surface area contributed by atoms with E-state index in [0.29, 0.717) is 45.6 Å². The summed E-state index contributed by atoms with van der Waals surface area (Å²) < 4.78 is 11.2. The van der Waals surface area contributed by atoms with Crippen LogP contribution in [0.3, 0.4) is 0 Å². The third-order valence-electron chi connectivity index (χ3n) is 10.8. The monoisotopic (exact) mass is 958 g/mol. The van der Waals surface area contributed by atoms with Crippen LogP contribution in [-0.4, -0.2) is 108 Å². The number of amides is 3. The lowest BCUT2D eigenvalue weighted by molar-refractivity contribution is -0.164. The van der Waals surface area contributed by atoms with Crippen molar-refractivity contribution in [3.05, 3.63) is 71.8 Å². The number of rotatable bonds is 27. The zero-order valence-corrected chi connectivity index (χ0v) is 39.0. The van der Waals surface area contributed by atoms with Crippen LogP contribution in [0.5, 0.6) is 0 Å². The Morgan fingerprint density at radius 3 is 1.90 bits per heavy atom. The molecule has 336 valence electrons. The van der Waals surface area contributed by atoms with Crippen molar-refractivity contribution in [1.29, 1.82) is 0 Å². The number of nitrogens with one attached hydrogen (secondary N) is 3. The number of alkyl halides is 1. The molecular weight excluding hydrogens is 891 g/mol. The molecule has 0 radical (unpaired) electrons. The van der Waals surface area contributed by atoms with Crippen LogP contribution in [0, 0.1) is 23.7 Å². The largest absolute Gasteiger partial charge is 0.450 e. The fraction of sp³-hybridized carbons (Fsp3) is 0.596. The molecule has 3 amide bonds. The van der Waals surface area contributed by atoms with E-state index in [0.717, 1.165) is 11.1 Å². The maximum atomic E-state index is 14.4. The van der Waals surface area contributed by atoms with Crippen LogP contribution < -0.4 is 16.0 Å². The molecule has 61 heavy (non-hydrogen) atoms. The molecule has 0 spiro atoms. The first kappa shape index (κ1) is 51.3. The number of nitrogens with zero attached hydrogens (tertiary/aromatic N) is 1. The predicted molar refractivity (Wildman–Crippen MR) is 243 cm³/mol. The van der Waals surface area contributed by atoms with Crippen molar-refractivity contribution in [2.45, 2.75) is 110 Å². The minimum atomic E-state index is -1.59. The van der Waals surface area contributed by atoms with E-state index in [4.69, 9.17) is 9.47 Å². The van der Waals surface area contributed by atoms with E-state index >= 15 is 0 Å². The van der Waals surface area contributed by atoms with Crippen LogP contribution in [-0.2, 0) is 55.9 Å². The summed E-state index contributed by atoms with van der Waals surface area (Å²) in [4.78, 5) is 97.2. The molecule has 1 aliphatic rings. The molecule has 5 atom stereocenters. The second-order valence-corrected chi connectivity index (χ2v) is 17.9. The number of Topliss-reactive ketones (excluding diaryl/α,β-unsaturated/α-hetero) is 3. The molecule has 0 bridgehead atoms. The summed E-state index contributed by atoms with van der Waals surface area (Å²) in [5.74, 6) is -4.40. The molecule has 1 saturated heterocycles. The average Bonchev–Trinajstić information content (AvgIpc) is 3.23. The Balaban J connectivity index is 1.86. The van der Waals surface area contributed by atoms with E-state index in [1.54, 1.807) is 0 Å². The highest BCUT2D eigenvalue weighted by molar-refractivity contribution is 14.1. The Bertz CT molecular complexity index is 1740. The van der Waals surface area contributed by atoms with Gasteiger partial charge in [0.05, 0.1) is 38.3 Å². The fourth-order valence-corrected chi connectivity index (χ4v) is 7.91. The second kappa shape index (κ2) is 26.5. The van der Waals surface area contributed by atoms with Crippen LogP contribution in [0.2, 0.25) is 0 Å². The highest BCUT2D eigenvalue weighted by atomic mass is 127. The van der Waals surface area contributed by atoms with Crippen LogP contribution in [0.4, 0.5) is 0 Å². The maximum Gasteiger partial charge on any atom is 0.307 e. The average molecular weight is 959 g/mol. The molecule has 1 aliphatic heterocycles. The Morgan fingerprint density at radius 2 is 1.33 bits per heavy atom. The Labute approximate surface area is 375 Å². The Kier molecular flexibility index (Phi) is 22.3. The van der Waals surface area contributed by atoms with Gasteiger partial charge in [0.15, 0.2) is 17.2 Å². The maximum absolute atomic E-state index is 14.4. The molecule has 1 heterocycles. The van der Waals surface area contributed by atoms with Crippen molar-refractivity contribution in [3.8, 4) is 0 Å². The number of ketones is 3. The molecule has 2 aromatic carbocycles. The fourth-order valence-electron chi connectivity index (χ4n) is 7.38. The number of halogens is 1. The highest BCUT2D eigenvalue weighted by Gasteiger charge is 2.42. The molecule has 0 aromatic heterocycles. The van der Waals surface area contributed by atoms with Gasteiger partial charge in [-0.3, -0.25) is 38.5 Å². The van der Waals surface area contributed by atoms with Crippen molar-refractivity contribution >= 4 is 63.6 Å². The number of ether oxygens (including phenoxy) is 2. The standard InChI is InChI=1S/C47H67IN4O9/c1-32(2)25-39(50-45(58)36(18-17-34-13-9-7-10-14-34)28-38(53)30-52-21-23-60-24-22-52)41(54)29-37(27-35-15-11-8-12-16-35)46(59)51-40(26-33(3)4)44(57)47(5,31-48)61-43(56)20-19-42(55)49-6/h7-16,32-33,36-37,39-40H,17-31H2,1-6H3,(H,49,55)(H,50,58)(H,51,59)/t36-,37-,39+,40+,47?/m1/s1. The van der Waals surface area contributed by atoms with Crippen molar-refractivity contribution in [1.82, 2.24) is 20.9 Å². The predicted octanol–water partition coefficient (Wildman–Crippen LogP) is 5.24. The minimum Gasteiger partial charge on any atom is -0.450 e. The first-order chi connectivity index (χ1) is 29.0. The smallest absolute Gasteiger partial charge is 0.307 e. The van der Waals surface area contributed by atoms with Gasteiger partial charge >= 0.3 is 5.97 Å². The van der Waals surface area contributed by atoms with Gasteiger partial charge < -0.3 is 25.4 Å². The van der Waals surface area contributed by atoms with Gasteiger partial charge in [0.25, 0.3) is 0 Å². The normalized spacial score (nSPS) is 16.1. The third-order valence-corrected chi connectivity index (χ3v) is 12.3. The van der Waals surface area contributed by atoms with Crippen LogP contribution in [0.25, 0.3) is 0 Å². The Hall–Kier alpha value is -4.02. The van der Waals surface area contributed by atoms with E-state index in [2.05, 4.69) is 16.0 Å². The van der Waals surface area contributed by atoms with Gasteiger partial charge in [-0.1, -0.05) is 111 Å². The second-order valence-electron chi connectivity index (χ2n) is 17.2. The van der Waals surface area contributed by atoms with Crippen LogP contribution >= 0.6 is 22.6 Å². The number of hydrogen-bond donors (Lipinski definition) is 3. The number of carbonyl (C=O) groups is 7. The third kappa shape index (κ3) is 18.5. The quantitative estimate of drug-likeness (QED) is 0.0610. The zero-order chi connectivity index (χ0) is 45.0. The summed E-state index contributed by atoms with van der Waals surface area (Å²) in [6.45, 7) is 11.9. The van der Waals surface area contributed by atoms with Gasteiger partial charge in [-0.05, 0) is 62.0 Å². The zero-order valence-electron chi connectivity index (χ0n) is 36.8. The van der Waals surface area contributed by atoms with Gasteiger partial charge in [0, 0.05) is 55.7 Å². The first-order valence-corrected chi connectivity index (χ1v) is 23.1. The topological polar surface area (TPSA) is 177 Å². The molecule has 13 nitrogen and oxygen atoms in total. The molecule has 2 aromatic rings. The summed E-state index contributed by atoms with van der Waals surface area (Å²) >= 11 is 1.97. The minimum absolute atomic E-state index is 0.0134. The van der Waals surface area contributed by atoms with Gasteiger partial charge in [-0.15, -0.1) is 0 Å². The Morgan fingerprint density at radius 1 is 0.770 bits per heavy atom. The number of benzene rings is 2. The lowest BCUT2D eigenvalue weighted by Gasteiger charge is -2.32. The number of aryl methyl sites for hydroxylation is 1. The lowest BCUT2D eigenvalue weighted by Crippen LogP contribution is -2.55. The van der Waals surface area contributed by atoms with Crippen molar-refractivity contribution in [2.24, 2.45) is 23.7 Å². The summed E-state index contributed by atoms with van der Waals surface area (Å²) in [6, 6.07) is 17.1.